The number of amides is 1. The maximum atomic E-state index is 12.1. The van der Waals surface area contributed by atoms with E-state index in [2.05, 4.69) is 20.5 Å². The lowest BCUT2D eigenvalue weighted by molar-refractivity contribution is -0.111. The molecule has 0 atom stereocenters. The van der Waals surface area contributed by atoms with E-state index >= 15 is 0 Å². The molecule has 0 aliphatic rings. The Balaban J connectivity index is 1.74. The van der Waals surface area contributed by atoms with E-state index in [1.165, 1.54) is 6.08 Å². The van der Waals surface area contributed by atoms with Crippen LogP contribution in [0.1, 0.15) is 16.7 Å². The fraction of sp³-hybridized carbons (Fsp3) is 0.105. The fourth-order valence-electron chi connectivity index (χ4n) is 2.43. The van der Waals surface area contributed by atoms with E-state index in [-0.39, 0.29) is 5.91 Å². The number of rotatable bonds is 4. The summed E-state index contributed by atoms with van der Waals surface area (Å²) in [5.41, 5.74) is 4.59. The number of nitrogens with one attached hydrogen (secondary N) is 2. The smallest absolute Gasteiger partial charge is 0.249 e. The number of aromatic nitrogens is 3. The molecule has 3 rings (SSSR count). The predicted octanol–water partition coefficient (Wildman–Crippen LogP) is 4.39. The van der Waals surface area contributed by atoms with Crippen LogP contribution in [0.4, 0.5) is 5.82 Å². The van der Waals surface area contributed by atoms with E-state index in [4.69, 9.17) is 11.6 Å². The number of nitrogens with zero attached hydrogens (tertiary/aromatic N) is 2. The first-order valence-corrected chi connectivity index (χ1v) is 8.13. The lowest BCUT2D eigenvalue weighted by Crippen LogP contribution is -2.09. The number of H-pyrrole nitrogens is 1. The maximum absolute atomic E-state index is 12.1. The molecular formula is C19H17ClN4O. The monoisotopic (exact) mass is 352 g/mol. The van der Waals surface area contributed by atoms with E-state index in [1.54, 1.807) is 30.6 Å². The van der Waals surface area contributed by atoms with Gasteiger partial charge in [-0.2, -0.15) is 5.10 Å². The molecule has 2 aromatic heterocycles. The highest BCUT2D eigenvalue weighted by atomic mass is 35.5. The molecule has 0 aliphatic heterocycles. The van der Waals surface area contributed by atoms with Gasteiger partial charge in [0.15, 0.2) is 0 Å². The Bertz CT molecular complexity index is 929. The molecule has 0 unspecified atom stereocenters. The Morgan fingerprint density at radius 2 is 1.96 bits per heavy atom. The van der Waals surface area contributed by atoms with Crippen LogP contribution in [-0.4, -0.2) is 21.1 Å². The molecule has 0 saturated heterocycles. The van der Waals surface area contributed by atoms with Crippen molar-refractivity contribution >= 4 is 29.4 Å². The summed E-state index contributed by atoms with van der Waals surface area (Å²) in [4.78, 5) is 16.2. The Hall–Kier alpha value is -2.92. The molecule has 126 valence electrons. The van der Waals surface area contributed by atoms with Gasteiger partial charge in [0.2, 0.25) is 5.91 Å². The SMILES string of the molecule is Cc1cnccc1-c1n[nH]c(NC(=O)C=Cc2ccc(Cl)cc2)c1C. The quantitative estimate of drug-likeness (QED) is 0.684. The van der Waals surface area contributed by atoms with Crippen molar-refractivity contribution in [3.05, 3.63) is 70.5 Å². The van der Waals surface area contributed by atoms with Crippen LogP contribution < -0.4 is 5.32 Å². The van der Waals surface area contributed by atoms with E-state index in [1.807, 2.05) is 32.0 Å². The van der Waals surface area contributed by atoms with Crippen LogP contribution in [-0.2, 0) is 4.79 Å². The number of carbonyl (C=O) groups excluding carboxylic acids is 1. The van der Waals surface area contributed by atoms with Gasteiger partial charge < -0.3 is 5.32 Å². The van der Waals surface area contributed by atoms with Crippen LogP contribution in [0.3, 0.4) is 0 Å². The molecule has 1 amide bonds. The van der Waals surface area contributed by atoms with Gasteiger partial charge in [-0.1, -0.05) is 23.7 Å². The van der Waals surface area contributed by atoms with E-state index in [0.717, 1.165) is 27.9 Å². The first-order valence-electron chi connectivity index (χ1n) is 7.75. The van der Waals surface area contributed by atoms with Gasteiger partial charge in [0, 0.05) is 34.6 Å². The average Bonchev–Trinajstić information content (AvgIpc) is 2.95. The lowest BCUT2D eigenvalue weighted by atomic mass is 10.1. The third-order valence-electron chi connectivity index (χ3n) is 3.83. The molecule has 0 spiro atoms. The highest BCUT2D eigenvalue weighted by Gasteiger charge is 2.13. The number of hydrogen-bond donors (Lipinski definition) is 2. The number of benzene rings is 1. The number of aromatic amines is 1. The topological polar surface area (TPSA) is 70.7 Å². The first-order chi connectivity index (χ1) is 12.0. The highest BCUT2D eigenvalue weighted by molar-refractivity contribution is 6.30. The van der Waals surface area contributed by atoms with Crippen LogP contribution >= 0.6 is 11.6 Å². The van der Waals surface area contributed by atoms with Gasteiger partial charge in [-0.15, -0.1) is 0 Å². The molecule has 2 heterocycles. The molecule has 6 heteroatoms. The molecule has 1 aromatic carbocycles. The lowest BCUT2D eigenvalue weighted by Gasteiger charge is -2.03. The third kappa shape index (κ3) is 3.95. The summed E-state index contributed by atoms with van der Waals surface area (Å²) < 4.78 is 0. The fourth-order valence-corrected chi connectivity index (χ4v) is 2.56. The summed E-state index contributed by atoms with van der Waals surface area (Å²) in [6.45, 7) is 3.89. The van der Waals surface area contributed by atoms with Crippen molar-refractivity contribution in [1.29, 1.82) is 0 Å². The number of halogens is 1. The standard InChI is InChI=1S/C19H17ClN4O/c1-12-11-21-10-9-16(12)18-13(2)19(24-23-18)22-17(25)8-5-14-3-6-15(20)7-4-14/h3-11H,1-2H3,(H2,22,23,24,25). The Morgan fingerprint density at radius 1 is 1.20 bits per heavy atom. The van der Waals surface area contributed by atoms with Gasteiger partial charge in [0.1, 0.15) is 5.82 Å². The second-order valence-electron chi connectivity index (χ2n) is 5.64. The van der Waals surface area contributed by atoms with Gasteiger partial charge >= 0.3 is 0 Å². The predicted molar refractivity (Wildman–Crippen MR) is 100 cm³/mol. The summed E-state index contributed by atoms with van der Waals surface area (Å²) in [7, 11) is 0. The van der Waals surface area contributed by atoms with Crippen molar-refractivity contribution in [2.45, 2.75) is 13.8 Å². The zero-order valence-electron chi connectivity index (χ0n) is 13.9. The summed E-state index contributed by atoms with van der Waals surface area (Å²) in [5, 5.41) is 10.7. The van der Waals surface area contributed by atoms with Gasteiger partial charge in [-0.25, -0.2) is 0 Å². The maximum Gasteiger partial charge on any atom is 0.249 e. The van der Waals surface area contributed by atoms with E-state index < -0.39 is 0 Å². The van der Waals surface area contributed by atoms with Crippen LogP contribution in [0.25, 0.3) is 17.3 Å². The molecule has 2 N–H and O–H groups in total. The summed E-state index contributed by atoms with van der Waals surface area (Å²) >= 11 is 5.84. The number of carbonyl (C=O) groups is 1. The van der Waals surface area contributed by atoms with Crippen molar-refractivity contribution < 1.29 is 4.79 Å². The second-order valence-corrected chi connectivity index (χ2v) is 6.07. The van der Waals surface area contributed by atoms with Gasteiger partial charge in [0.25, 0.3) is 0 Å². The van der Waals surface area contributed by atoms with Gasteiger partial charge in [0.05, 0.1) is 5.69 Å². The second kappa shape index (κ2) is 7.32. The van der Waals surface area contributed by atoms with Crippen molar-refractivity contribution in [3.63, 3.8) is 0 Å². The average molecular weight is 353 g/mol. The first kappa shape index (κ1) is 16.9. The van der Waals surface area contributed by atoms with Crippen molar-refractivity contribution in [2.24, 2.45) is 0 Å². The number of aryl methyl sites for hydroxylation is 1. The Labute approximate surface area is 150 Å². The normalized spacial score (nSPS) is 11.0. The summed E-state index contributed by atoms with van der Waals surface area (Å²) in [6, 6.07) is 9.16. The molecule has 3 aromatic rings. The molecule has 0 radical (unpaired) electrons. The minimum atomic E-state index is -0.236. The van der Waals surface area contributed by atoms with Crippen LogP contribution in [0, 0.1) is 13.8 Å². The third-order valence-corrected chi connectivity index (χ3v) is 4.08. The van der Waals surface area contributed by atoms with Crippen LogP contribution in [0.2, 0.25) is 5.02 Å². The molecule has 0 saturated carbocycles. The number of anilines is 1. The molecule has 25 heavy (non-hydrogen) atoms. The highest BCUT2D eigenvalue weighted by Crippen LogP contribution is 2.27. The van der Waals surface area contributed by atoms with Gasteiger partial charge in [-0.05, 0) is 49.2 Å². The summed E-state index contributed by atoms with van der Waals surface area (Å²) in [6.07, 6.45) is 6.71. The van der Waals surface area contributed by atoms with Crippen LogP contribution in [0.5, 0.6) is 0 Å². The summed E-state index contributed by atoms with van der Waals surface area (Å²) in [5.74, 6) is 0.344. The molecule has 5 nitrogen and oxygen atoms in total. The largest absolute Gasteiger partial charge is 0.307 e. The van der Waals surface area contributed by atoms with E-state index in [9.17, 15) is 4.79 Å². The van der Waals surface area contributed by atoms with Crippen LogP contribution in [0.15, 0.2) is 48.8 Å². The Morgan fingerprint density at radius 3 is 2.68 bits per heavy atom. The Kier molecular flexibility index (Phi) is 4.95. The number of hydrogen-bond acceptors (Lipinski definition) is 3. The van der Waals surface area contributed by atoms with Crippen molar-refractivity contribution in [3.8, 4) is 11.3 Å². The molecule has 0 bridgehead atoms. The minimum Gasteiger partial charge on any atom is -0.307 e. The number of pyridine rings is 1. The minimum absolute atomic E-state index is 0.236. The van der Waals surface area contributed by atoms with Crippen molar-refractivity contribution in [2.75, 3.05) is 5.32 Å². The van der Waals surface area contributed by atoms with E-state index in [0.29, 0.717) is 10.8 Å². The molecule has 0 fully saturated rings. The van der Waals surface area contributed by atoms with Gasteiger partial charge in [-0.3, -0.25) is 14.9 Å². The van der Waals surface area contributed by atoms with Crippen molar-refractivity contribution in [1.82, 2.24) is 15.2 Å². The zero-order valence-corrected chi connectivity index (χ0v) is 14.6. The molecule has 0 aliphatic carbocycles. The molecular weight excluding hydrogens is 336 g/mol. The zero-order chi connectivity index (χ0) is 17.8.